The molecule has 1 aromatic carbocycles. The zero-order chi connectivity index (χ0) is 12.7. The number of hydrogen-bond donors (Lipinski definition) is 2. The zero-order valence-electron chi connectivity index (χ0n) is 9.60. The van der Waals surface area contributed by atoms with E-state index in [0.29, 0.717) is 12.2 Å². The van der Waals surface area contributed by atoms with Crippen LogP contribution in [0, 0.1) is 10.1 Å². The number of carbonyl (C=O) groups is 1. The van der Waals surface area contributed by atoms with E-state index in [2.05, 4.69) is 10.6 Å². The van der Waals surface area contributed by atoms with Gasteiger partial charge in [-0.25, -0.2) is 4.79 Å². The molecule has 0 atom stereocenters. The molecule has 0 fully saturated rings. The van der Waals surface area contributed by atoms with Crippen LogP contribution in [0.2, 0.25) is 0 Å². The van der Waals surface area contributed by atoms with E-state index >= 15 is 0 Å². The number of carbonyl (C=O) groups excluding carboxylic acids is 1. The van der Waals surface area contributed by atoms with Crippen molar-refractivity contribution in [1.82, 2.24) is 5.32 Å². The first-order valence-electron chi connectivity index (χ1n) is 5.42. The fraction of sp³-hybridized carbons (Fsp3) is 0.364. The normalized spacial score (nSPS) is 9.71. The second-order valence-electron chi connectivity index (χ2n) is 3.54. The Kier molecular flexibility index (Phi) is 4.93. The van der Waals surface area contributed by atoms with E-state index in [9.17, 15) is 14.9 Å². The molecule has 0 saturated heterocycles. The molecule has 0 spiro atoms. The van der Waals surface area contributed by atoms with Gasteiger partial charge in [0, 0.05) is 24.4 Å². The molecule has 6 nitrogen and oxygen atoms in total. The molecule has 6 heteroatoms. The number of unbranched alkanes of at least 4 members (excludes halogenated alkanes) is 1. The second-order valence-corrected chi connectivity index (χ2v) is 3.54. The molecule has 0 heterocycles. The third-order valence-corrected chi connectivity index (χ3v) is 2.15. The first kappa shape index (κ1) is 13.0. The predicted octanol–water partition coefficient (Wildman–Crippen LogP) is 2.52. The lowest BCUT2D eigenvalue weighted by Crippen LogP contribution is -2.29. The van der Waals surface area contributed by atoms with E-state index in [0.717, 1.165) is 12.8 Å². The van der Waals surface area contributed by atoms with Gasteiger partial charge in [-0.05, 0) is 18.6 Å². The topological polar surface area (TPSA) is 84.3 Å². The zero-order valence-corrected chi connectivity index (χ0v) is 9.60. The van der Waals surface area contributed by atoms with Gasteiger partial charge < -0.3 is 10.6 Å². The molecule has 0 aliphatic heterocycles. The number of non-ortho nitro benzene ring substituents is 1. The molecule has 17 heavy (non-hydrogen) atoms. The van der Waals surface area contributed by atoms with Crippen LogP contribution in [-0.4, -0.2) is 17.5 Å². The number of nitrogens with zero attached hydrogens (tertiary/aromatic N) is 1. The SMILES string of the molecule is CCCCNC(=O)Nc1ccc([N+](=O)[O-])cc1. The lowest BCUT2D eigenvalue weighted by Gasteiger charge is -2.06. The Morgan fingerprint density at radius 1 is 1.35 bits per heavy atom. The Morgan fingerprint density at radius 3 is 2.53 bits per heavy atom. The first-order chi connectivity index (χ1) is 8.13. The number of benzene rings is 1. The number of nitro groups is 1. The molecule has 0 aliphatic carbocycles. The lowest BCUT2D eigenvalue weighted by atomic mass is 10.3. The minimum atomic E-state index is -0.481. The highest BCUT2D eigenvalue weighted by Gasteiger charge is 2.05. The van der Waals surface area contributed by atoms with Crippen LogP contribution in [0.25, 0.3) is 0 Å². The average molecular weight is 237 g/mol. The van der Waals surface area contributed by atoms with Gasteiger partial charge in [0.1, 0.15) is 0 Å². The monoisotopic (exact) mass is 237 g/mol. The number of hydrogen-bond acceptors (Lipinski definition) is 3. The van der Waals surface area contributed by atoms with Crippen molar-refractivity contribution in [2.75, 3.05) is 11.9 Å². The summed E-state index contributed by atoms with van der Waals surface area (Å²) >= 11 is 0. The van der Waals surface area contributed by atoms with Gasteiger partial charge in [0.15, 0.2) is 0 Å². The van der Waals surface area contributed by atoms with E-state index in [-0.39, 0.29) is 11.7 Å². The van der Waals surface area contributed by atoms with Gasteiger partial charge in [0.25, 0.3) is 5.69 Å². The fourth-order valence-corrected chi connectivity index (χ4v) is 1.22. The van der Waals surface area contributed by atoms with Gasteiger partial charge in [0.2, 0.25) is 0 Å². The molecule has 0 aromatic heterocycles. The Bertz CT molecular complexity index is 389. The predicted molar refractivity (Wildman–Crippen MR) is 65.0 cm³/mol. The van der Waals surface area contributed by atoms with E-state index in [1.807, 2.05) is 6.92 Å². The lowest BCUT2D eigenvalue weighted by molar-refractivity contribution is -0.384. The number of amides is 2. The Balaban J connectivity index is 2.46. The van der Waals surface area contributed by atoms with Crippen LogP contribution in [0.4, 0.5) is 16.2 Å². The number of urea groups is 1. The summed E-state index contributed by atoms with van der Waals surface area (Å²) < 4.78 is 0. The summed E-state index contributed by atoms with van der Waals surface area (Å²) in [6.45, 7) is 2.66. The van der Waals surface area contributed by atoms with Crippen LogP contribution in [0.3, 0.4) is 0 Å². The molecule has 1 rings (SSSR count). The Morgan fingerprint density at radius 2 is 2.00 bits per heavy atom. The maximum Gasteiger partial charge on any atom is 0.319 e. The molecule has 0 saturated carbocycles. The van der Waals surface area contributed by atoms with Crippen LogP contribution in [0.15, 0.2) is 24.3 Å². The van der Waals surface area contributed by atoms with Crippen LogP contribution < -0.4 is 10.6 Å². The van der Waals surface area contributed by atoms with Crippen molar-refractivity contribution in [2.45, 2.75) is 19.8 Å². The van der Waals surface area contributed by atoms with Gasteiger partial charge in [0.05, 0.1) is 4.92 Å². The van der Waals surface area contributed by atoms with Crippen molar-refractivity contribution in [1.29, 1.82) is 0 Å². The summed E-state index contributed by atoms with van der Waals surface area (Å²) in [5.41, 5.74) is 0.534. The molecular formula is C11H15N3O3. The molecule has 2 N–H and O–H groups in total. The van der Waals surface area contributed by atoms with Crippen molar-refractivity contribution in [3.05, 3.63) is 34.4 Å². The summed E-state index contributed by atoms with van der Waals surface area (Å²) in [4.78, 5) is 21.3. The molecule has 0 radical (unpaired) electrons. The molecule has 1 aromatic rings. The van der Waals surface area contributed by atoms with E-state index < -0.39 is 4.92 Å². The third kappa shape index (κ3) is 4.50. The highest BCUT2D eigenvalue weighted by molar-refractivity contribution is 5.89. The minimum absolute atomic E-state index is 0.00180. The maximum atomic E-state index is 11.3. The summed E-state index contributed by atoms with van der Waals surface area (Å²) in [5, 5.41) is 15.7. The van der Waals surface area contributed by atoms with Crippen LogP contribution in [0.5, 0.6) is 0 Å². The number of nitro benzene ring substituents is 1. The highest BCUT2D eigenvalue weighted by Crippen LogP contribution is 2.14. The largest absolute Gasteiger partial charge is 0.338 e. The Hall–Kier alpha value is -2.11. The summed E-state index contributed by atoms with van der Waals surface area (Å²) in [6.07, 6.45) is 1.94. The van der Waals surface area contributed by atoms with Crippen molar-refractivity contribution in [2.24, 2.45) is 0 Å². The van der Waals surface area contributed by atoms with Gasteiger partial charge in [-0.1, -0.05) is 13.3 Å². The molecule has 0 aliphatic rings. The Labute approximate surface area is 99.2 Å². The molecule has 2 amide bonds. The van der Waals surface area contributed by atoms with E-state index in [1.54, 1.807) is 0 Å². The minimum Gasteiger partial charge on any atom is -0.338 e. The van der Waals surface area contributed by atoms with Gasteiger partial charge in [-0.15, -0.1) is 0 Å². The van der Waals surface area contributed by atoms with E-state index in [4.69, 9.17) is 0 Å². The highest BCUT2D eigenvalue weighted by atomic mass is 16.6. The summed E-state index contributed by atoms with van der Waals surface area (Å²) in [5.74, 6) is 0. The first-order valence-corrected chi connectivity index (χ1v) is 5.42. The van der Waals surface area contributed by atoms with E-state index in [1.165, 1.54) is 24.3 Å². The van der Waals surface area contributed by atoms with Crippen molar-refractivity contribution >= 4 is 17.4 Å². The summed E-state index contributed by atoms with van der Waals surface area (Å²) in [7, 11) is 0. The summed E-state index contributed by atoms with van der Waals surface area (Å²) in [6, 6.07) is 5.39. The number of anilines is 1. The van der Waals surface area contributed by atoms with Crippen molar-refractivity contribution < 1.29 is 9.72 Å². The standard InChI is InChI=1S/C11H15N3O3/c1-2-3-8-12-11(15)13-9-4-6-10(7-5-9)14(16)17/h4-7H,2-3,8H2,1H3,(H2,12,13,15). The number of rotatable bonds is 5. The molecular weight excluding hydrogens is 222 g/mol. The van der Waals surface area contributed by atoms with Crippen LogP contribution >= 0.6 is 0 Å². The smallest absolute Gasteiger partial charge is 0.319 e. The van der Waals surface area contributed by atoms with Crippen molar-refractivity contribution in [3.63, 3.8) is 0 Å². The molecule has 0 bridgehead atoms. The molecule has 92 valence electrons. The van der Waals surface area contributed by atoms with Gasteiger partial charge in [-0.2, -0.15) is 0 Å². The quantitative estimate of drug-likeness (QED) is 0.468. The van der Waals surface area contributed by atoms with Gasteiger partial charge in [-0.3, -0.25) is 10.1 Å². The van der Waals surface area contributed by atoms with Crippen LogP contribution in [0.1, 0.15) is 19.8 Å². The maximum absolute atomic E-state index is 11.3. The molecule has 0 unspecified atom stereocenters. The third-order valence-electron chi connectivity index (χ3n) is 2.15. The number of nitrogens with one attached hydrogen (secondary N) is 2. The average Bonchev–Trinajstić information content (AvgIpc) is 2.30. The van der Waals surface area contributed by atoms with Crippen molar-refractivity contribution in [3.8, 4) is 0 Å². The van der Waals surface area contributed by atoms with Crippen LogP contribution in [-0.2, 0) is 0 Å². The second kappa shape index (κ2) is 6.47. The van der Waals surface area contributed by atoms with Gasteiger partial charge >= 0.3 is 6.03 Å². The fourth-order valence-electron chi connectivity index (χ4n) is 1.22.